The van der Waals surface area contributed by atoms with Crippen LogP contribution in [0.1, 0.15) is 27.6 Å². The maximum Gasteiger partial charge on any atom is 0.338 e. The van der Waals surface area contributed by atoms with Crippen molar-refractivity contribution in [1.29, 1.82) is 0 Å². The van der Waals surface area contributed by atoms with Crippen molar-refractivity contribution in [2.75, 3.05) is 26.8 Å². The molecule has 0 aliphatic heterocycles. The van der Waals surface area contributed by atoms with Crippen LogP contribution < -0.4 is 4.74 Å². The second-order valence-corrected chi connectivity index (χ2v) is 6.16. The first kappa shape index (κ1) is 21.2. The van der Waals surface area contributed by atoms with E-state index in [1.165, 1.54) is 18.0 Å². The molecule has 1 amide bonds. The van der Waals surface area contributed by atoms with Crippen LogP contribution in [0.3, 0.4) is 0 Å². The molecule has 0 saturated heterocycles. The van der Waals surface area contributed by atoms with Gasteiger partial charge in [-0.1, -0.05) is 23.7 Å². The molecule has 148 valence electrons. The molecule has 0 fully saturated rings. The molecule has 0 unspecified atom stereocenters. The van der Waals surface area contributed by atoms with Gasteiger partial charge in [0.05, 0.1) is 28.7 Å². The summed E-state index contributed by atoms with van der Waals surface area (Å²) in [6.45, 7) is 2.12. The number of halogens is 1. The van der Waals surface area contributed by atoms with Crippen LogP contribution in [0.2, 0.25) is 5.02 Å². The van der Waals surface area contributed by atoms with Gasteiger partial charge in [0.1, 0.15) is 12.4 Å². The third kappa shape index (κ3) is 5.43. The van der Waals surface area contributed by atoms with Gasteiger partial charge in [-0.25, -0.2) is 4.79 Å². The van der Waals surface area contributed by atoms with Crippen molar-refractivity contribution in [2.24, 2.45) is 0 Å². The molecule has 0 heterocycles. The summed E-state index contributed by atoms with van der Waals surface area (Å²) >= 11 is 6.00. The van der Waals surface area contributed by atoms with E-state index in [0.29, 0.717) is 10.8 Å². The van der Waals surface area contributed by atoms with E-state index in [1.807, 2.05) is 0 Å². The summed E-state index contributed by atoms with van der Waals surface area (Å²) in [6.07, 6.45) is 0. The second kappa shape index (κ2) is 9.70. The minimum Gasteiger partial charge on any atom is -0.490 e. The predicted octanol–water partition coefficient (Wildman–Crippen LogP) is 3.58. The van der Waals surface area contributed by atoms with Gasteiger partial charge in [0.15, 0.2) is 0 Å². The zero-order valence-electron chi connectivity index (χ0n) is 15.4. The largest absolute Gasteiger partial charge is 0.490 e. The number of non-ortho nitro benzene ring substituents is 1. The number of ether oxygens (including phenoxy) is 2. The van der Waals surface area contributed by atoms with Crippen molar-refractivity contribution in [3.8, 4) is 5.75 Å². The van der Waals surface area contributed by atoms with Gasteiger partial charge < -0.3 is 14.4 Å². The first-order valence-electron chi connectivity index (χ1n) is 8.43. The van der Waals surface area contributed by atoms with Gasteiger partial charge in [0, 0.05) is 24.7 Å². The highest BCUT2D eigenvalue weighted by molar-refractivity contribution is 6.32. The van der Waals surface area contributed by atoms with Gasteiger partial charge in [-0.2, -0.15) is 0 Å². The van der Waals surface area contributed by atoms with Crippen molar-refractivity contribution in [1.82, 2.24) is 4.90 Å². The number of likely N-dealkylation sites (N-methyl/N-ethyl adjacent to an activating group) is 1. The summed E-state index contributed by atoms with van der Waals surface area (Å²) in [4.78, 5) is 36.4. The van der Waals surface area contributed by atoms with E-state index >= 15 is 0 Å². The molecule has 0 saturated carbocycles. The van der Waals surface area contributed by atoms with Crippen LogP contribution >= 0.6 is 11.6 Å². The van der Waals surface area contributed by atoms with Crippen LogP contribution in [-0.2, 0) is 4.74 Å². The lowest BCUT2D eigenvalue weighted by atomic mass is 10.1. The Morgan fingerprint density at radius 3 is 2.50 bits per heavy atom. The van der Waals surface area contributed by atoms with Gasteiger partial charge in [-0.3, -0.25) is 14.9 Å². The quantitative estimate of drug-likeness (QED) is 0.377. The Morgan fingerprint density at radius 2 is 1.86 bits per heavy atom. The van der Waals surface area contributed by atoms with Crippen LogP contribution in [0.15, 0.2) is 42.5 Å². The maximum atomic E-state index is 12.6. The minimum absolute atomic E-state index is 0.0116. The molecule has 0 spiro atoms. The fourth-order valence-corrected chi connectivity index (χ4v) is 2.54. The number of nitro benzene ring substituents is 1. The lowest BCUT2D eigenvalue weighted by molar-refractivity contribution is -0.384. The van der Waals surface area contributed by atoms with Crippen LogP contribution in [0.25, 0.3) is 0 Å². The van der Waals surface area contributed by atoms with E-state index in [9.17, 15) is 19.7 Å². The smallest absolute Gasteiger partial charge is 0.338 e. The van der Waals surface area contributed by atoms with E-state index in [-0.39, 0.29) is 36.6 Å². The topological polar surface area (TPSA) is 99.0 Å². The number of nitrogens with zero attached hydrogens (tertiary/aromatic N) is 2. The van der Waals surface area contributed by atoms with Crippen molar-refractivity contribution in [3.63, 3.8) is 0 Å². The number of carbonyl (C=O) groups excluding carboxylic acids is 2. The normalized spacial score (nSPS) is 10.2. The fraction of sp³-hybridized carbons (Fsp3) is 0.263. The van der Waals surface area contributed by atoms with E-state index in [2.05, 4.69) is 0 Å². The number of esters is 1. The van der Waals surface area contributed by atoms with Crippen molar-refractivity contribution in [3.05, 3.63) is 68.7 Å². The molecule has 0 aliphatic rings. The summed E-state index contributed by atoms with van der Waals surface area (Å²) in [6, 6.07) is 10.4. The molecule has 28 heavy (non-hydrogen) atoms. The molecule has 0 aliphatic carbocycles. The molecule has 9 heteroatoms. The number of amides is 1. The molecule has 0 radical (unpaired) electrons. The minimum atomic E-state index is -0.732. The number of benzene rings is 2. The monoisotopic (exact) mass is 406 g/mol. The highest BCUT2D eigenvalue weighted by atomic mass is 35.5. The van der Waals surface area contributed by atoms with Gasteiger partial charge >= 0.3 is 5.97 Å². The van der Waals surface area contributed by atoms with Crippen LogP contribution in [0, 0.1) is 10.1 Å². The number of hydrogen-bond donors (Lipinski definition) is 0. The van der Waals surface area contributed by atoms with Crippen LogP contribution in [-0.4, -0.2) is 48.5 Å². The van der Waals surface area contributed by atoms with E-state index in [1.54, 1.807) is 31.2 Å². The summed E-state index contributed by atoms with van der Waals surface area (Å²) in [5.41, 5.74) is -0.410. The Balaban J connectivity index is 2.11. The third-order valence-electron chi connectivity index (χ3n) is 3.75. The Kier molecular flexibility index (Phi) is 7.34. The lowest BCUT2D eigenvalue weighted by Gasteiger charge is -2.18. The number of hydrogen-bond acceptors (Lipinski definition) is 6. The Labute approximate surface area is 166 Å². The molecule has 0 bridgehead atoms. The number of carbonyl (C=O) groups is 2. The van der Waals surface area contributed by atoms with E-state index in [0.717, 1.165) is 12.1 Å². The Bertz CT molecular complexity index is 886. The molecule has 0 atom stereocenters. The predicted molar refractivity (Wildman–Crippen MR) is 103 cm³/mol. The molecule has 2 rings (SSSR count). The van der Waals surface area contributed by atoms with Crippen LogP contribution in [0.4, 0.5) is 5.69 Å². The van der Waals surface area contributed by atoms with E-state index < -0.39 is 16.8 Å². The fourth-order valence-electron chi connectivity index (χ4n) is 2.35. The van der Waals surface area contributed by atoms with Gasteiger partial charge in [-0.15, -0.1) is 0 Å². The molecule has 0 aromatic heterocycles. The first-order valence-corrected chi connectivity index (χ1v) is 8.80. The zero-order valence-corrected chi connectivity index (χ0v) is 16.1. The van der Waals surface area contributed by atoms with Crippen molar-refractivity contribution >= 4 is 29.2 Å². The van der Waals surface area contributed by atoms with Gasteiger partial charge in [-0.05, 0) is 25.1 Å². The first-order chi connectivity index (χ1) is 13.3. The Morgan fingerprint density at radius 1 is 1.18 bits per heavy atom. The third-order valence-corrected chi connectivity index (χ3v) is 4.07. The zero-order chi connectivity index (χ0) is 20.7. The van der Waals surface area contributed by atoms with Crippen molar-refractivity contribution < 1.29 is 24.0 Å². The SMILES string of the molecule is CCOC(=O)c1cc(C(=O)N(C)CCOc2ccccc2Cl)cc([N+](=O)[O-])c1. The van der Waals surface area contributed by atoms with E-state index in [4.69, 9.17) is 21.1 Å². The molecule has 0 N–H and O–H groups in total. The highest BCUT2D eigenvalue weighted by Gasteiger charge is 2.20. The standard InChI is InChI=1S/C19H19ClN2O6/c1-3-27-19(24)14-10-13(11-15(12-14)22(25)26)18(23)21(2)8-9-28-17-7-5-4-6-16(17)20/h4-7,10-12H,3,8-9H2,1-2H3. The van der Waals surface area contributed by atoms with Gasteiger partial charge in [0.25, 0.3) is 11.6 Å². The number of para-hydroxylation sites is 1. The molecule has 2 aromatic rings. The summed E-state index contributed by atoms with van der Waals surface area (Å²) < 4.78 is 10.4. The Hall–Kier alpha value is -3.13. The summed E-state index contributed by atoms with van der Waals surface area (Å²) in [5, 5.41) is 11.6. The second-order valence-electron chi connectivity index (χ2n) is 5.75. The molecule has 2 aromatic carbocycles. The van der Waals surface area contributed by atoms with Crippen LogP contribution in [0.5, 0.6) is 5.75 Å². The summed E-state index contributed by atoms with van der Waals surface area (Å²) in [5.74, 6) is -0.730. The van der Waals surface area contributed by atoms with Gasteiger partial charge in [0.2, 0.25) is 0 Å². The molecular weight excluding hydrogens is 388 g/mol. The number of rotatable bonds is 8. The maximum absolute atomic E-state index is 12.6. The van der Waals surface area contributed by atoms with Crippen molar-refractivity contribution in [2.45, 2.75) is 6.92 Å². The average Bonchev–Trinajstić information content (AvgIpc) is 2.68. The molecular formula is C19H19ClN2O6. The highest BCUT2D eigenvalue weighted by Crippen LogP contribution is 2.23. The summed E-state index contributed by atoms with van der Waals surface area (Å²) in [7, 11) is 1.53. The average molecular weight is 407 g/mol. The molecule has 8 nitrogen and oxygen atoms in total. The number of nitro groups is 1. The lowest BCUT2D eigenvalue weighted by Crippen LogP contribution is -2.31.